The number of amides is 3. The highest BCUT2D eigenvalue weighted by Gasteiger charge is 2.39. The summed E-state index contributed by atoms with van der Waals surface area (Å²) in [5.74, 6) is -2.60. The number of aromatic nitrogens is 1. The molecule has 310 valence electrons. The van der Waals surface area contributed by atoms with Crippen molar-refractivity contribution in [1.29, 1.82) is 0 Å². The molecule has 3 amide bonds. The zero-order chi connectivity index (χ0) is 41.7. The number of hydrogen-bond donors (Lipinski definition) is 6. The highest BCUT2D eigenvalue weighted by molar-refractivity contribution is 8.77. The summed E-state index contributed by atoms with van der Waals surface area (Å²) in [6.07, 6.45) is 30.1. The molecule has 3 atom stereocenters. The molecule has 0 saturated carbocycles. The minimum absolute atomic E-state index is 0.0235. The number of carboxylic acids is 1. The van der Waals surface area contributed by atoms with Gasteiger partial charge in [0.15, 0.2) is 11.5 Å². The predicted octanol–water partition coefficient (Wildman–Crippen LogP) is 7.12. The van der Waals surface area contributed by atoms with E-state index in [1.165, 1.54) is 6.07 Å². The molecule has 6 N–H and O–H groups in total. The van der Waals surface area contributed by atoms with Gasteiger partial charge < -0.3 is 35.8 Å². The number of aliphatic carboxylic acids is 1. The predicted molar refractivity (Wildman–Crippen MR) is 230 cm³/mol. The van der Waals surface area contributed by atoms with E-state index in [-0.39, 0.29) is 24.4 Å². The van der Waals surface area contributed by atoms with Crippen LogP contribution in [0.25, 0.3) is 11.3 Å². The number of aliphatic hydroxyl groups excluding tert-OH is 2. The first-order valence-corrected chi connectivity index (χ1v) is 21.4. The second-order valence-corrected chi connectivity index (χ2v) is 16.3. The molecule has 0 bridgehead atoms. The van der Waals surface area contributed by atoms with E-state index in [0.717, 1.165) is 60.1 Å². The number of carbonyl (C=O) groups excluding carboxylic acids is 3. The van der Waals surface area contributed by atoms with Gasteiger partial charge in [-0.2, -0.15) is 0 Å². The fourth-order valence-electron chi connectivity index (χ4n) is 4.86. The Labute approximate surface area is 344 Å². The molecule has 0 saturated heterocycles. The zero-order valence-corrected chi connectivity index (χ0v) is 34.7. The van der Waals surface area contributed by atoms with Crippen LogP contribution in [0.2, 0.25) is 0 Å². The Bertz CT molecular complexity index is 1680. The van der Waals surface area contributed by atoms with Crippen molar-refractivity contribution in [3.63, 3.8) is 0 Å². The first-order chi connectivity index (χ1) is 27.5. The summed E-state index contributed by atoms with van der Waals surface area (Å²) < 4.78 is 4.30. The van der Waals surface area contributed by atoms with Crippen LogP contribution in [-0.2, 0) is 14.4 Å². The Hall–Kier alpha value is -4.63. The number of hydrogen-bond acceptors (Lipinski definition) is 10. The van der Waals surface area contributed by atoms with Gasteiger partial charge in [-0.15, -0.1) is 0 Å². The van der Waals surface area contributed by atoms with Gasteiger partial charge in [0.2, 0.25) is 11.8 Å². The van der Waals surface area contributed by atoms with Crippen molar-refractivity contribution >= 4 is 45.3 Å². The van der Waals surface area contributed by atoms with Crippen LogP contribution < -0.4 is 16.0 Å². The van der Waals surface area contributed by atoms with Gasteiger partial charge >= 0.3 is 5.97 Å². The first-order valence-electron chi connectivity index (χ1n) is 19.1. The van der Waals surface area contributed by atoms with Gasteiger partial charge in [-0.3, -0.25) is 14.4 Å². The third kappa shape index (κ3) is 20.9. The normalized spacial score (nSPS) is 14.0. The smallest absolute Gasteiger partial charge is 0.327 e. The van der Waals surface area contributed by atoms with Crippen LogP contribution >= 0.6 is 21.6 Å². The standard InChI is InChI=1S/C43H58N4O8S2/c1-4-5-6-7-8-9-10-11-12-13-14-15-16-17-18-19-20-21-25-28-38(50)45-36(42(53)54)32-56-57-43(2,3)39(41(52)44-30-34(49)31-48)46-40(51)35-29-37(55-47-35)33-26-23-22-24-27-33/h5-6,8-9,11-12,14-15,17-18,20-24,26-27,29,34,36,39,48-49H,4,7,10,13,16,19,25,28,30-32H2,1-3H3,(H,44,52)(H,45,50)(H,46,51)(H,53,54)/b6-5-,9-8-,12-11-,15-14-,18-17-,21-20-/t34-,36+,39-/m1/s1. The van der Waals surface area contributed by atoms with Gasteiger partial charge in [-0.25, -0.2) is 4.79 Å². The van der Waals surface area contributed by atoms with Gasteiger partial charge in [0, 0.05) is 35.1 Å². The molecule has 2 aromatic rings. The monoisotopic (exact) mass is 822 g/mol. The number of rotatable bonds is 28. The van der Waals surface area contributed by atoms with Gasteiger partial charge in [-0.05, 0) is 58.8 Å². The molecule has 1 heterocycles. The number of aliphatic hydroxyl groups is 2. The SMILES string of the molecule is CC/C=C\C/C=C\C/C=C\C/C=C\C/C=C\C/C=C\CCC(=O)N[C@@H](CSSC(C)(C)[C@H](NC(=O)c1cc(-c2ccccc2)on1)C(=O)NC[C@@H](O)CO)C(=O)O. The van der Waals surface area contributed by atoms with Gasteiger partial charge in [-0.1, -0.05) is 137 Å². The number of carbonyl (C=O) groups is 4. The maximum absolute atomic E-state index is 13.3. The lowest BCUT2D eigenvalue weighted by molar-refractivity contribution is -0.141. The number of allylic oxidation sites excluding steroid dienone is 12. The van der Waals surface area contributed by atoms with Gasteiger partial charge in [0.25, 0.3) is 5.91 Å². The fraction of sp³-hybridized carbons (Fsp3) is 0.419. The summed E-state index contributed by atoms with van der Waals surface area (Å²) in [4.78, 5) is 51.2. The van der Waals surface area contributed by atoms with E-state index in [4.69, 9.17) is 4.52 Å². The van der Waals surface area contributed by atoms with Crippen LogP contribution in [0, 0.1) is 0 Å². The highest BCUT2D eigenvalue weighted by Crippen LogP contribution is 2.39. The molecule has 57 heavy (non-hydrogen) atoms. The molecule has 0 aliphatic carbocycles. The summed E-state index contributed by atoms with van der Waals surface area (Å²) in [7, 11) is 2.27. The molecule has 0 aliphatic rings. The van der Waals surface area contributed by atoms with Crippen molar-refractivity contribution in [2.24, 2.45) is 0 Å². The maximum atomic E-state index is 13.3. The van der Waals surface area contributed by atoms with E-state index in [0.29, 0.717) is 17.7 Å². The highest BCUT2D eigenvalue weighted by atomic mass is 33.1. The molecular weight excluding hydrogens is 765 g/mol. The Balaban J connectivity index is 1.81. The first kappa shape index (κ1) is 48.5. The Morgan fingerprint density at radius 2 is 1.40 bits per heavy atom. The fourth-order valence-corrected chi connectivity index (χ4v) is 7.67. The molecule has 2 rings (SSSR count). The van der Waals surface area contributed by atoms with Gasteiger partial charge in [0.05, 0.1) is 12.7 Å². The number of carboxylic acid groups (broad SMARTS) is 1. The maximum Gasteiger partial charge on any atom is 0.327 e. The van der Waals surface area contributed by atoms with Gasteiger partial charge in [0.1, 0.15) is 12.1 Å². The molecule has 1 aromatic carbocycles. The second kappa shape index (κ2) is 28.7. The molecular formula is C43H58N4O8S2. The molecule has 0 fully saturated rings. The van der Waals surface area contributed by atoms with Crippen molar-refractivity contribution in [2.75, 3.05) is 18.9 Å². The molecule has 1 aromatic heterocycles. The Morgan fingerprint density at radius 1 is 0.842 bits per heavy atom. The van der Waals surface area contributed by atoms with Crippen LogP contribution in [0.3, 0.4) is 0 Å². The summed E-state index contributed by atoms with van der Waals surface area (Å²) >= 11 is 0. The summed E-state index contributed by atoms with van der Waals surface area (Å²) in [6, 6.07) is 8.11. The lowest BCUT2D eigenvalue weighted by atomic mass is 10.0. The zero-order valence-electron chi connectivity index (χ0n) is 33.0. The molecule has 0 aliphatic heterocycles. The number of benzene rings is 1. The minimum Gasteiger partial charge on any atom is -0.480 e. The molecule has 0 radical (unpaired) electrons. The number of nitrogens with zero attached hydrogens (tertiary/aromatic N) is 1. The van der Waals surface area contributed by atoms with Crippen LogP contribution in [-0.4, -0.2) is 86.0 Å². The van der Waals surface area contributed by atoms with Crippen molar-refractivity contribution in [2.45, 2.75) is 95.1 Å². The van der Waals surface area contributed by atoms with Crippen molar-refractivity contribution < 1.29 is 39.0 Å². The van der Waals surface area contributed by atoms with E-state index >= 15 is 0 Å². The largest absolute Gasteiger partial charge is 0.480 e. The quantitative estimate of drug-likeness (QED) is 0.0379. The molecule has 14 heteroatoms. The van der Waals surface area contributed by atoms with Crippen LogP contribution in [0.1, 0.15) is 82.6 Å². The van der Waals surface area contributed by atoms with E-state index in [1.807, 2.05) is 30.4 Å². The van der Waals surface area contributed by atoms with Crippen LogP contribution in [0.5, 0.6) is 0 Å². The lowest BCUT2D eigenvalue weighted by Gasteiger charge is -2.33. The topological polar surface area (TPSA) is 191 Å². The van der Waals surface area contributed by atoms with E-state index in [2.05, 4.69) is 88.8 Å². The molecule has 0 unspecified atom stereocenters. The van der Waals surface area contributed by atoms with Crippen LogP contribution in [0.15, 0.2) is 114 Å². The molecule has 12 nitrogen and oxygen atoms in total. The van der Waals surface area contributed by atoms with E-state index in [9.17, 15) is 34.5 Å². The summed E-state index contributed by atoms with van der Waals surface area (Å²) in [6.45, 7) is 4.68. The Kier molecular flexibility index (Phi) is 24.4. The van der Waals surface area contributed by atoms with Crippen molar-refractivity contribution in [3.8, 4) is 11.3 Å². The third-order valence-corrected chi connectivity index (χ3v) is 11.3. The number of nitrogens with one attached hydrogen (secondary N) is 3. The lowest BCUT2D eigenvalue weighted by Crippen LogP contribution is -2.57. The van der Waals surface area contributed by atoms with Crippen molar-refractivity contribution in [1.82, 2.24) is 21.1 Å². The summed E-state index contributed by atoms with van der Waals surface area (Å²) in [5.41, 5.74) is 0.644. The molecule has 0 spiro atoms. The summed E-state index contributed by atoms with van der Waals surface area (Å²) in [5, 5.41) is 40.4. The third-order valence-electron chi connectivity index (χ3n) is 8.03. The van der Waals surface area contributed by atoms with E-state index < -0.39 is 53.2 Å². The van der Waals surface area contributed by atoms with Crippen LogP contribution in [0.4, 0.5) is 0 Å². The average Bonchev–Trinajstić information content (AvgIpc) is 3.70. The Morgan fingerprint density at radius 3 is 1.95 bits per heavy atom. The van der Waals surface area contributed by atoms with E-state index in [1.54, 1.807) is 26.0 Å². The average molecular weight is 823 g/mol. The minimum atomic E-state index is -1.21. The van der Waals surface area contributed by atoms with Crippen molar-refractivity contribution in [3.05, 3.63) is 115 Å². The second-order valence-electron chi connectivity index (χ2n) is 13.3.